The van der Waals surface area contributed by atoms with E-state index < -0.39 is 11.9 Å². The number of amides is 1. The molecule has 9 heteroatoms. The van der Waals surface area contributed by atoms with Gasteiger partial charge in [-0.05, 0) is 18.8 Å². The smallest absolute Gasteiger partial charge is 0.371 e. The maximum atomic E-state index is 12.6. The summed E-state index contributed by atoms with van der Waals surface area (Å²) in [5.41, 5.74) is -1.02. The van der Waals surface area contributed by atoms with Crippen molar-refractivity contribution in [1.29, 1.82) is 0 Å². The molecule has 1 aliphatic rings. The van der Waals surface area contributed by atoms with Crippen molar-refractivity contribution < 1.29 is 22.7 Å². The van der Waals surface area contributed by atoms with E-state index >= 15 is 0 Å². The summed E-state index contributed by atoms with van der Waals surface area (Å²) in [6.07, 6.45) is -4.16. The molecule has 1 aromatic rings. The second kappa shape index (κ2) is 6.46. The van der Waals surface area contributed by atoms with Crippen molar-refractivity contribution in [3.63, 3.8) is 0 Å². The maximum absolute atomic E-state index is 12.6. The Balaban J connectivity index is 2.07. The molecule has 1 aromatic heterocycles. The highest BCUT2D eigenvalue weighted by atomic mass is 19.4. The third kappa shape index (κ3) is 4.01. The molecular weight excluding hydrogens is 313 g/mol. The van der Waals surface area contributed by atoms with Crippen LogP contribution in [0.15, 0.2) is 6.20 Å². The standard InChI is InChI=1S/C14H21F3N4O2/c1-7-8(2)13(18-10(4)22)9(3)23-11(7)5-21-6-12(19-20-21)14(15,16)17/h6-9,11,13H,5H2,1-4H3,(H,18,22). The molecule has 5 unspecified atom stereocenters. The zero-order valence-corrected chi connectivity index (χ0v) is 13.5. The van der Waals surface area contributed by atoms with Crippen molar-refractivity contribution in [3.05, 3.63) is 11.9 Å². The van der Waals surface area contributed by atoms with E-state index in [0.29, 0.717) is 0 Å². The van der Waals surface area contributed by atoms with Crippen LogP contribution in [0.2, 0.25) is 0 Å². The van der Waals surface area contributed by atoms with Gasteiger partial charge in [0.1, 0.15) is 0 Å². The Labute approximate surface area is 132 Å². The largest absolute Gasteiger partial charge is 0.436 e. The lowest BCUT2D eigenvalue weighted by Gasteiger charge is -2.44. The quantitative estimate of drug-likeness (QED) is 0.916. The Morgan fingerprint density at radius 3 is 2.52 bits per heavy atom. The van der Waals surface area contributed by atoms with Gasteiger partial charge in [0.15, 0.2) is 5.69 Å². The summed E-state index contributed by atoms with van der Waals surface area (Å²) in [6, 6.07) is -0.125. The van der Waals surface area contributed by atoms with Crippen LogP contribution in [0.3, 0.4) is 0 Å². The monoisotopic (exact) mass is 334 g/mol. The Morgan fingerprint density at radius 2 is 2.00 bits per heavy atom. The highest BCUT2D eigenvalue weighted by molar-refractivity contribution is 5.73. The van der Waals surface area contributed by atoms with Crippen LogP contribution in [0.25, 0.3) is 0 Å². The number of nitrogens with zero attached hydrogens (tertiary/aromatic N) is 3. The van der Waals surface area contributed by atoms with Crippen molar-refractivity contribution in [1.82, 2.24) is 20.3 Å². The van der Waals surface area contributed by atoms with Crippen LogP contribution in [0.4, 0.5) is 13.2 Å². The first-order valence-corrected chi connectivity index (χ1v) is 7.49. The van der Waals surface area contributed by atoms with Gasteiger partial charge in [-0.3, -0.25) is 4.79 Å². The molecule has 0 bridgehead atoms. The van der Waals surface area contributed by atoms with Crippen molar-refractivity contribution in [2.75, 3.05) is 0 Å². The minimum Gasteiger partial charge on any atom is -0.371 e. The molecule has 0 saturated carbocycles. The minimum atomic E-state index is -4.51. The third-order valence-corrected chi connectivity index (χ3v) is 4.44. The first-order valence-electron chi connectivity index (χ1n) is 7.49. The number of hydrogen-bond acceptors (Lipinski definition) is 4. The number of rotatable bonds is 3. The van der Waals surface area contributed by atoms with Gasteiger partial charge in [-0.1, -0.05) is 19.1 Å². The summed E-state index contributed by atoms with van der Waals surface area (Å²) in [7, 11) is 0. The van der Waals surface area contributed by atoms with E-state index in [9.17, 15) is 18.0 Å². The summed E-state index contributed by atoms with van der Waals surface area (Å²) in [6.45, 7) is 7.44. The van der Waals surface area contributed by atoms with Crippen LogP contribution in [0.1, 0.15) is 33.4 Å². The zero-order valence-electron chi connectivity index (χ0n) is 13.5. The molecule has 130 valence electrons. The topological polar surface area (TPSA) is 69.0 Å². The molecule has 0 aromatic carbocycles. The lowest BCUT2D eigenvalue weighted by atomic mass is 9.80. The number of ether oxygens (including phenoxy) is 1. The Hall–Kier alpha value is -1.64. The van der Waals surface area contributed by atoms with Crippen LogP contribution < -0.4 is 5.32 Å². The second-order valence-corrected chi connectivity index (χ2v) is 6.15. The van der Waals surface area contributed by atoms with Crippen LogP contribution in [-0.2, 0) is 22.3 Å². The molecule has 1 amide bonds. The molecule has 1 saturated heterocycles. The van der Waals surface area contributed by atoms with Crippen molar-refractivity contribution in [2.45, 2.75) is 58.7 Å². The third-order valence-electron chi connectivity index (χ3n) is 4.44. The first-order chi connectivity index (χ1) is 10.6. The van der Waals surface area contributed by atoms with Gasteiger partial charge in [0, 0.05) is 6.92 Å². The van der Waals surface area contributed by atoms with Crippen LogP contribution in [-0.4, -0.2) is 39.2 Å². The molecule has 1 aliphatic heterocycles. The predicted octanol–water partition coefficient (Wildman–Crippen LogP) is 1.86. The van der Waals surface area contributed by atoms with E-state index in [2.05, 4.69) is 15.6 Å². The van der Waals surface area contributed by atoms with E-state index in [0.717, 1.165) is 10.9 Å². The number of halogens is 3. The van der Waals surface area contributed by atoms with E-state index in [4.69, 9.17) is 4.74 Å². The minimum absolute atomic E-state index is 0.0431. The SMILES string of the molecule is CC(=O)NC1C(C)OC(Cn2cc(C(F)(F)F)nn2)C(C)C1C. The van der Waals surface area contributed by atoms with Crippen molar-refractivity contribution in [3.8, 4) is 0 Å². The normalized spacial score (nSPS) is 31.9. The number of aromatic nitrogens is 3. The molecule has 6 nitrogen and oxygen atoms in total. The summed E-state index contributed by atoms with van der Waals surface area (Å²) < 4.78 is 44.7. The van der Waals surface area contributed by atoms with E-state index in [-0.39, 0.29) is 42.5 Å². The number of alkyl halides is 3. The van der Waals surface area contributed by atoms with Gasteiger partial charge in [0.05, 0.1) is 31.0 Å². The average molecular weight is 334 g/mol. The van der Waals surface area contributed by atoms with Gasteiger partial charge in [-0.25, -0.2) is 4.68 Å². The molecule has 1 N–H and O–H groups in total. The first kappa shape index (κ1) is 17.7. The van der Waals surface area contributed by atoms with Crippen molar-refractivity contribution >= 4 is 5.91 Å². The fraction of sp³-hybridized carbons (Fsp3) is 0.786. The Bertz CT molecular complexity index is 560. The maximum Gasteiger partial charge on any atom is 0.436 e. The second-order valence-electron chi connectivity index (χ2n) is 6.15. The number of nitrogens with one attached hydrogen (secondary N) is 1. The number of hydrogen-bond donors (Lipinski definition) is 1. The number of carbonyl (C=O) groups excluding carboxylic acids is 1. The van der Waals surface area contributed by atoms with Gasteiger partial charge >= 0.3 is 6.18 Å². The average Bonchev–Trinajstić information content (AvgIpc) is 2.89. The molecule has 2 heterocycles. The lowest BCUT2D eigenvalue weighted by Crippen LogP contribution is -2.56. The summed E-state index contributed by atoms with van der Waals surface area (Å²) >= 11 is 0. The van der Waals surface area contributed by atoms with E-state index in [1.807, 2.05) is 20.8 Å². The zero-order chi connectivity index (χ0) is 17.4. The van der Waals surface area contributed by atoms with Gasteiger partial charge < -0.3 is 10.1 Å². The lowest BCUT2D eigenvalue weighted by molar-refractivity contribution is -0.141. The Morgan fingerprint density at radius 1 is 1.35 bits per heavy atom. The van der Waals surface area contributed by atoms with Gasteiger partial charge in [0.2, 0.25) is 5.91 Å². The fourth-order valence-electron chi connectivity index (χ4n) is 2.97. The number of carbonyl (C=O) groups is 1. The predicted molar refractivity (Wildman–Crippen MR) is 75.3 cm³/mol. The Kier molecular flexibility index (Phi) is 4.98. The van der Waals surface area contributed by atoms with Crippen LogP contribution in [0, 0.1) is 11.8 Å². The highest BCUT2D eigenvalue weighted by Gasteiger charge is 2.40. The van der Waals surface area contributed by atoms with E-state index in [1.165, 1.54) is 6.92 Å². The molecule has 0 radical (unpaired) electrons. The molecular formula is C14H21F3N4O2. The fourth-order valence-corrected chi connectivity index (χ4v) is 2.97. The molecule has 5 atom stereocenters. The summed E-state index contributed by atoms with van der Waals surface area (Å²) in [5.74, 6) is 0.0360. The molecule has 2 rings (SSSR count). The van der Waals surface area contributed by atoms with Crippen LogP contribution >= 0.6 is 0 Å². The molecule has 0 spiro atoms. The van der Waals surface area contributed by atoms with E-state index in [1.54, 1.807) is 0 Å². The molecule has 23 heavy (non-hydrogen) atoms. The van der Waals surface area contributed by atoms with Crippen LogP contribution in [0.5, 0.6) is 0 Å². The van der Waals surface area contributed by atoms with Gasteiger partial charge in [-0.2, -0.15) is 13.2 Å². The summed E-state index contributed by atoms with van der Waals surface area (Å²) in [5, 5.41) is 9.54. The molecule has 1 fully saturated rings. The highest BCUT2D eigenvalue weighted by Crippen LogP contribution is 2.32. The molecule has 0 aliphatic carbocycles. The van der Waals surface area contributed by atoms with Crippen molar-refractivity contribution in [2.24, 2.45) is 11.8 Å². The van der Waals surface area contributed by atoms with Gasteiger partial charge in [-0.15, -0.1) is 5.10 Å². The van der Waals surface area contributed by atoms with Gasteiger partial charge in [0.25, 0.3) is 0 Å². The summed E-state index contributed by atoms with van der Waals surface area (Å²) in [4.78, 5) is 11.3.